The van der Waals surface area contributed by atoms with Gasteiger partial charge in [0.25, 0.3) is 0 Å². The molecule has 1 aliphatic rings. The molecule has 5 nitrogen and oxygen atoms in total. The summed E-state index contributed by atoms with van der Waals surface area (Å²) in [6, 6.07) is 0.372. The highest BCUT2D eigenvalue weighted by molar-refractivity contribution is 5.41. The molecular formula is C9H14N4O. The Hall–Kier alpha value is -1.36. The Morgan fingerprint density at radius 3 is 3.00 bits per heavy atom. The molecule has 0 aliphatic carbocycles. The van der Waals surface area contributed by atoms with E-state index in [0.29, 0.717) is 6.04 Å². The lowest BCUT2D eigenvalue weighted by atomic mass is 10.3. The first-order valence-electron chi connectivity index (χ1n) is 4.72. The van der Waals surface area contributed by atoms with Crippen LogP contribution in [0, 0.1) is 0 Å². The molecule has 14 heavy (non-hydrogen) atoms. The minimum absolute atomic E-state index is 0.372. The monoisotopic (exact) mass is 194 g/mol. The summed E-state index contributed by atoms with van der Waals surface area (Å²) < 4.78 is 5.26. The van der Waals surface area contributed by atoms with E-state index in [4.69, 9.17) is 4.74 Å². The minimum Gasteiger partial charge on any atom is -0.379 e. The molecule has 0 amide bonds. The van der Waals surface area contributed by atoms with Crippen molar-refractivity contribution in [2.75, 3.05) is 30.9 Å². The maximum Gasteiger partial charge on any atom is 0.147 e. The minimum atomic E-state index is 0.372. The van der Waals surface area contributed by atoms with Gasteiger partial charge in [-0.25, -0.2) is 4.98 Å². The molecule has 1 aromatic rings. The van der Waals surface area contributed by atoms with Crippen LogP contribution in [0.25, 0.3) is 0 Å². The van der Waals surface area contributed by atoms with Gasteiger partial charge in [-0.15, -0.1) is 0 Å². The van der Waals surface area contributed by atoms with Gasteiger partial charge in [-0.2, -0.15) is 0 Å². The van der Waals surface area contributed by atoms with Crippen molar-refractivity contribution in [1.82, 2.24) is 9.97 Å². The second-order valence-electron chi connectivity index (χ2n) is 3.24. The maximum absolute atomic E-state index is 5.26. The molecule has 2 rings (SSSR count). The zero-order valence-electron chi connectivity index (χ0n) is 8.16. The van der Waals surface area contributed by atoms with Crippen LogP contribution in [0.4, 0.5) is 11.6 Å². The van der Waals surface area contributed by atoms with Gasteiger partial charge < -0.3 is 15.4 Å². The van der Waals surface area contributed by atoms with Gasteiger partial charge in [0.2, 0.25) is 0 Å². The van der Waals surface area contributed by atoms with Crippen molar-refractivity contribution in [1.29, 1.82) is 0 Å². The molecule has 0 radical (unpaired) electrons. The number of rotatable bonds is 3. The second-order valence-corrected chi connectivity index (χ2v) is 3.24. The summed E-state index contributed by atoms with van der Waals surface area (Å²) in [4.78, 5) is 8.38. The predicted molar refractivity (Wildman–Crippen MR) is 54.4 cm³/mol. The Morgan fingerprint density at radius 1 is 1.43 bits per heavy atom. The van der Waals surface area contributed by atoms with E-state index in [2.05, 4.69) is 20.6 Å². The molecule has 1 unspecified atom stereocenters. The van der Waals surface area contributed by atoms with E-state index in [-0.39, 0.29) is 0 Å². The van der Waals surface area contributed by atoms with Crippen LogP contribution in [0.2, 0.25) is 0 Å². The largest absolute Gasteiger partial charge is 0.379 e. The molecule has 0 spiro atoms. The Balaban J connectivity index is 2.00. The van der Waals surface area contributed by atoms with Crippen molar-refractivity contribution < 1.29 is 4.74 Å². The molecule has 0 bridgehead atoms. The number of hydrogen-bond acceptors (Lipinski definition) is 5. The van der Waals surface area contributed by atoms with Crippen LogP contribution in [0.15, 0.2) is 12.4 Å². The standard InChI is InChI=1S/C9H14N4O/c1-10-8-4-11-5-9(13-8)12-7-2-3-14-6-7/h4-5,7H,2-3,6H2,1H3,(H2,10,12,13). The van der Waals surface area contributed by atoms with Gasteiger partial charge in [0, 0.05) is 13.7 Å². The first kappa shape index (κ1) is 9.21. The number of nitrogens with zero attached hydrogens (tertiary/aromatic N) is 2. The number of aromatic nitrogens is 2. The molecule has 1 saturated heterocycles. The van der Waals surface area contributed by atoms with Gasteiger partial charge in [0.05, 0.1) is 25.0 Å². The average Bonchev–Trinajstić information content (AvgIpc) is 2.71. The fourth-order valence-corrected chi connectivity index (χ4v) is 1.41. The van der Waals surface area contributed by atoms with Gasteiger partial charge >= 0.3 is 0 Å². The lowest BCUT2D eigenvalue weighted by molar-refractivity contribution is 0.195. The number of hydrogen-bond donors (Lipinski definition) is 2. The van der Waals surface area contributed by atoms with Crippen LogP contribution in [0.1, 0.15) is 6.42 Å². The van der Waals surface area contributed by atoms with Gasteiger partial charge in [0.15, 0.2) is 0 Å². The quantitative estimate of drug-likeness (QED) is 0.742. The summed E-state index contributed by atoms with van der Waals surface area (Å²) in [5.74, 6) is 1.57. The molecule has 1 atom stereocenters. The normalized spacial score (nSPS) is 20.8. The number of ether oxygens (including phenoxy) is 1. The maximum atomic E-state index is 5.26. The van der Waals surface area contributed by atoms with E-state index in [1.165, 1.54) is 0 Å². The fourth-order valence-electron chi connectivity index (χ4n) is 1.41. The molecule has 0 aromatic carbocycles. The van der Waals surface area contributed by atoms with Crippen LogP contribution in [-0.2, 0) is 4.74 Å². The SMILES string of the molecule is CNc1cncc(NC2CCOC2)n1. The van der Waals surface area contributed by atoms with E-state index in [0.717, 1.165) is 31.3 Å². The lowest BCUT2D eigenvalue weighted by Crippen LogP contribution is -2.19. The summed E-state index contributed by atoms with van der Waals surface area (Å²) >= 11 is 0. The third-order valence-electron chi connectivity index (χ3n) is 2.17. The highest BCUT2D eigenvalue weighted by atomic mass is 16.5. The Kier molecular flexibility index (Phi) is 2.78. The van der Waals surface area contributed by atoms with Crippen molar-refractivity contribution in [3.8, 4) is 0 Å². The van der Waals surface area contributed by atoms with Crippen molar-refractivity contribution in [2.45, 2.75) is 12.5 Å². The molecule has 2 heterocycles. The third-order valence-corrected chi connectivity index (χ3v) is 2.17. The highest BCUT2D eigenvalue weighted by Gasteiger charge is 2.15. The molecule has 1 aliphatic heterocycles. The highest BCUT2D eigenvalue weighted by Crippen LogP contribution is 2.12. The van der Waals surface area contributed by atoms with E-state index in [9.17, 15) is 0 Å². The first-order valence-corrected chi connectivity index (χ1v) is 4.72. The van der Waals surface area contributed by atoms with Crippen LogP contribution in [0.3, 0.4) is 0 Å². The van der Waals surface area contributed by atoms with Crippen LogP contribution >= 0.6 is 0 Å². The van der Waals surface area contributed by atoms with Gasteiger partial charge in [0.1, 0.15) is 11.6 Å². The summed E-state index contributed by atoms with van der Waals surface area (Å²) in [6.45, 7) is 1.59. The smallest absolute Gasteiger partial charge is 0.147 e. The zero-order valence-corrected chi connectivity index (χ0v) is 8.16. The molecule has 1 aromatic heterocycles. The molecule has 5 heteroatoms. The summed E-state index contributed by atoms with van der Waals surface area (Å²) in [6.07, 6.45) is 4.45. The first-order chi connectivity index (χ1) is 6.88. The summed E-state index contributed by atoms with van der Waals surface area (Å²) in [5, 5.41) is 6.22. The number of nitrogens with one attached hydrogen (secondary N) is 2. The van der Waals surface area contributed by atoms with Crippen molar-refractivity contribution in [3.63, 3.8) is 0 Å². The number of anilines is 2. The zero-order chi connectivity index (χ0) is 9.80. The third kappa shape index (κ3) is 2.11. The molecule has 2 N–H and O–H groups in total. The van der Waals surface area contributed by atoms with E-state index >= 15 is 0 Å². The van der Waals surface area contributed by atoms with E-state index in [1.807, 2.05) is 7.05 Å². The van der Waals surface area contributed by atoms with Gasteiger partial charge in [-0.3, -0.25) is 4.98 Å². The fraction of sp³-hybridized carbons (Fsp3) is 0.556. The van der Waals surface area contributed by atoms with Crippen molar-refractivity contribution in [3.05, 3.63) is 12.4 Å². The van der Waals surface area contributed by atoms with Crippen molar-refractivity contribution >= 4 is 11.6 Å². The molecule has 0 saturated carbocycles. The van der Waals surface area contributed by atoms with Crippen LogP contribution in [0.5, 0.6) is 0 Å². The molecule has 1 fully saturated rings. The Bertz CT molecular complexity index is 299. The Labute approximate surface area is 82.9 Å². The summed E-state index contributed by atoms with van der Waals surface area (Å²) in [5.41, 5.74) is 0. The predicted octanol–water partition coefficient (Wildman–Crippen LogP) is 0.719. The van der Waals surface area contributed by atoms with Crippen LogP contribution in [-0.4, -0.2) is 36.3 Å². The molecule has 76 valence electrons. The summed E-state index contributed by atoms with van der Waals surface area (Å²) in [7, 11) is 1.83. The van der Waals surface area contributed by atoms with Gasteiger partial charge in [-0.1, -0.05) is 0 Å². The lowest BCUT2D eigenvalue weighted by Gasteiger charge is -2.11. The Morgan fingerprint density at radius 2 is 2.29 bits per heavy atom. The second kappa shape index (κ2) is 4.23. The average molecular weight is 194 g/mol. The van der Waals surface area contributed by atoms with Crippen LogP contribution < -0.4 is 10.6 Å². The van der Waals surface area contributed by atoms with Crippen molar-refractivity contribution in [2.24, 2.45) is 0 Å². The van der Waals surface area contributed by atoms with E-state index in [1.54, 1.807) is 12.4 Å². The van der Waals surface area contributed by atoms with E-state index < -0.39 is 0 Å². The van der Waals surface area contributed by atoms with Gasteiger partial charge in [-0.05, 0) is 6.42 Å². The molecular weight excluding hydrogens is 180 g/mol. The topological polar surface area (TPSA) is 59.1 Å².